The van der Waals surface area contributed by atoms with E-state index >= 15 is 0 Å². The van der Waals surface area contributed by atoms with Gasteiger partial charge in [0, 0.05) is 37.8 Å². The van der Waals surface area contributed by atoms with Crippen LogP contribution >= 0.6 is 0 Å². The second-order valence-electron chi connectivity index (χ2n) is 5.65. The van der Waals surface area contributed by atoms with Crippen molar-refractivity contribution in [3.8, 4) is 5.75 Å². The molecule has 118 valence electrons. The van der Waals surface area contributed by atoms with E-state index in [9.17, 15) is 4.39 Å². The lowest BCUT2D eigenvalue weighted by Crippen LogP contribution is -2.45. The summed E-state index contributed by atoms with van der Waals surface area (Å²) in [7, 11) is 1.62. The highest BCUT2D eigenvalue weighted by molar-refractivity contribution is 5.37. The molecule has 1 N–H and O–H groups in total. The third kappa shape index (κ3) is 4.17. The highest BCUT2D eigenvalue weighted by atomic mass is 19.1. The molecule has 0 spiro atoms. The summed E-state index contributed by atoms with van der Waals surface area (Å²) in [5, 5.41) is 3.36. The molecule has 1 aromatic rings. The normalized spacial score (nSPS) is 17.7. The van der Waals surface area contributed by atoms with Crippen LogP contribution in [0.2, 0.25) is 0 Å². The maximum absolute atomic E-state index is 14.4. The fraction of sp³-hybridized carbons (Fsp3) is 0.647. The number of nitrogens with one attached hydrogen (secondary N) is 1. The Bertz CT molecular complexity index is 433. The topological polar surface area (TPSA) is 24.5 Å². The molecule has 1 atom stereocenters. The van der Waals surface area contributed by atoms with E-state index in [0.29, 0.717) is 5.75 Å². The summed E-state index contributed by atoms with van der Waals surface area (Å²) in [6.45, 7) is 6.08. The van der Waals surface area contributed by atoms with Crippen LogP contribution in [0.4, 0.5) is 4.39 Å². The van der Waals surface area contributed by atoms with Crippen molar-refractivity contribution < 1.29 is 9.13 Å². The number of hydrogen-bond donors (Lipinski definition) is 1. The maximum Gasteiger partial charge on any atom is 0.131 e. The quantitative estimate of drug-likeness (QED) is 0.780. The van der Waals surface area contributed by atoms with Gasteiger partial charge in [0.2, 0.25) is 0 Å². The molecular formula is C17H27FN2O. The van der Waals surface area contributed by atoms with Crippen molar-refractivity contribution in [3.63, 3.8) is 0 Å². The van der Waals surface area contributed by atoms with Gasteiger partial charge in [-0.15, -0.1) is 0 Å². The average Bonchev–Trinajstić information content (AvgIpc) is 2.53. The Morgan fingerprint density at radius 3 is 2.71 bits per heavy atom. The van der Waals surface area contributed by atoms with Crippen LogP contribution in [0.5, 0.6) is 5.75 Å². The van der Waals surface area contributed by atoms with Crippen molar-refractivity contribution in [2.75, 3.05) is 33.3 Å². The smallest absolute Gasteiger partial charge is 0.131 e. The van der Waals surface area contributed by atoms with Gasteiger partial charge in [0.15, 0.2) is 0 Å². The molecule has 1 saturated heterocycles. The third-order valence-electron chi connectivity index (χ3n) is 4.24. The molecule has 1 aromatic carbocycles. The largest absolute Gasteiger partial charge is 0.496 e. The van der Waals surface area contributed by atoms with Crippen LogP contribution in [0.1, 0.15) is 44.2 Å². The van der Waals surface area contributed by atoms with Gasteiger partial charge in [-0.05, 0) is 18.6 Å². The first-order valence-electron chi connectivity index (χ1n) is 8.05. The molecule has 0 aromatic heterocycles. The van der Waals surface area contributed by atoms with Gasteiger partial charge in [0.05, 0.1) is 7.11 Å². The number of hydrogen-bond acceptors (Lipinski definition) is 3. The number of piperazine rings is 1. The Balaban J connectivity index is 2.24. The molecule has 0 bridgehead atoms. The van der Waals surface area contributed by atoms with E-state index in [0.717, 1.165) is 44.6 Å². The van der Waals surface area contributed by atoms with Crippen molar-refractivity contribution in [2.45, 2.75) is 38.6 Å². The van der Waals surface area contributed by atoms with Gasteiger partial charge in [-0.25, -0.2) is 4.39 Å². The minimum absolute atomic E-state index is 0.120. The Labute approximate surface area is 127 Å². The fourth-order valence-electron chi connectivity index (χ4n) is 3.11. The van der Waals surface area contributed by atoms with Gasteiger partial charge in [-0.1, -0.05) is 32.3 Å². The molecule has 1 aliphatic heterocycles. The fourth-order valence-corrected chi connectivity index (χ4v) is 3.11. The summed E-state index contributed by atoms with van der Waals surface area (Å²) in [6, 6.07) is 5.26. The van der Waals surface area contributed by atoms with Gasteiger partial charge in [-0.2, -0.15) is 0 Å². The maximum atomic E-state index is 14.4. The highest BCUT2D eigenvalue weighted by Crippen LogP contribution is 2.35. The summed E-state index contributed by atoms with van der Waals surface area (Å²) >= 11 is 0. The second-order valence-corrected chi connectivity index (χ2v) is 5.65. The Hall–Kier alpha value is -1.13. The molecule has 1 fully saturated rings. The summed E-state index contributed by atoms with van der Waals surface area (Å²) in [5.41, 5.74) is 0.734. The molecule has 1 aliphatic rings. The molecule has 0 amide bonds. The number of methoxy groups -OCH3 is 1. The van der Waals surface area contributed by atoms with Gasteiger partial charge in [-0.3, -0.25) is 4.90 Å². The third-order valence-corrected chi connectivity index (χ3v) is 4.24. The Morgan fingerprint density at radius 1 is 1.29 bits per heavy atom. The molecule has 0 unspecified atom stereocenters. The molecular weight excluding hydrogens is 267 g/mol. The zero-order valence-corrected chi connectivity index (χ0v) is 13.2. The minimum Gasteiger partial charge on any atom is -0.496 e. The van der Waals surface area contributed by atoms with Gasteiger partial charge in [0.25, 0.3) is 0 Å². The summed E-state index contributed by atoms with van der Waals surface area (Å²) in [4.78, 5) is 2.40. The first kappa shape index (κ1) is 16.2. The highest BCUT2D eigenvalue weighted by Gasteiger charge is 2.27. The van der Waals surface area contributed by atoms with E-state index in [1.165, 1.54) is 12.8 Å². The lowest BCUT2D eigenvalue weighted by Gasteiger charge is -2.36. The molecule has 4 heteroatoms. The van der Waals surface area contributed by atoms with Crippen LogP contribution in [0.3, 0.4) is 0 Å². The van der Waals surface area contributed by atoms with Crippen LogP contribution in [-0.2, 0) is 0 Å². The van der Waals surface area contributed by atoms with Crippen LogP contribution in [0.25, 0.3) is 0 Å². The average molecular weight is 294 g/mol. The number of nitrogens with zero attached hydrogens (tertiary/aromatic N) is 1. The van der Waals surface area contributed by atoms with Crippen molar-refractivity contribution in [2.24, 2.45) is 0 Å². The number of unbranched alkanes of at least 4 members (excludes halogenated alkanes) is 2. The van der Waals surface area contributed by atoms with Crippen molar-refractivity contribution in [3.05, 3.63) is 29.6 Å². The number of benzene rings is 1. The number of rotatable bonds is 7. The second kappa shape index (κ2) is 8.35. The first-order chi connectivity index (χ1) is 10.3. The number of ether oxygens (including phenoxy) is 1. The van der Waals surface area contributed by atoms with Crippen LogP contribution in [0, 0.1) is 5.82 Å². The minimum atomic E-state index is -0.144. The zero-order valence-electron chi connectivity index (χ0n) is 13.2. The molecule has 3 nitrogen and oxygen atoms in total. The lowest BCUT2D eigenvalue weighted by atomic mass is 9.96. The zero-order chi connectivity index (χ0) is 15.1. The van der Waals surface area contributed by atoms with Crippen molar-refractivity contribution in [1.29, 1.82) is 0 Å². The van der Waals surface area contributed by atoms with E-state index in [1.807, 2.05) is 6.07 Å². The molecule has 1 heterocycles. The van der Waals surface area contributed by atoms with E-state index in [2.05, 4.69) is 17.1 Å². The molecule has 0 radical (unpaired) electrons. The van der Waals surface area contributed by atoms with Crippen LogP contribution in [0.15, 0.2) is 18.2 Å². The van der Waals surface area contributed by atoms with Crippen molar-refractivity contribution in [1.82, 2.24) is 10.2 Å². The van der Waals surface area contributed by atoms with Gasteiger partial charge >= 0.3 is 0 Å². The number of halogens is 1. The summed E-state index contributed by atoms with van der Waals surface area (Å²) in [6.07, 6.45) is 4.50. The Morgan fingerprint density at radius 2 is 2.05 bits per heavy atom. The summed E-state index contributed by atoms with van der Waals surface area (Å²) < 4.78 is 19.9. The SMILES string of the molecule is CCCCC[C@@H](c1c(F)cccc1OC)N1CCNCC1. The molecule has 21 heavy (non-hydrogen) atoms. The van der Waals surface area contributed by atoms with Gasteiger partial charge in [0.1, 0.15) is 11.6 Å². The Kier molecular flexibility index (Phi) is 6.46. The molecule has 2 rings (SSSR count). The predicted octanol–water partition coefficient (Wildman–Crippen LogP) is 3.36. The van der Waals surface area contributed by atoms with Crippen LogP contribution < -0.4 is 10.1 Å². The lowest BCUT2D eigenvalue weighted by molar-refractivity contribution is 0.156. The van der Waals surface area contributed by atoms with E-state index in [1.54, 1.807) is 19.2 Å². The predicted molar refractivity (Wildman–Crippen MR) is 84.3 cm³/mol. The standard InChI is InChI=1S/C17H27FN2O/c1-3-4-5-8-15(20-12-10-19-11-13-20)17-14(18)7-6-9-16(17)21-2/h6-7,9,15,19H,3-5,8,10-13H2,1-2H3/t15-/m0/s1. The van der Waals surface area contributed by atoms with Gasteiger partial charge < -0.3 is 10.1 Å². The van der Waals surface area contributed by atoms with Crippen LogP contribution in [-0.4, -0.2) is 38.2 Å². The van der Waals surface area contributed by atoms with E-state index in [4.69, 9.17) is 4.74 Å². The first-order valence-corrected chi connectivity index (χ1v) is 8.05. The van der Waals surface area contributed by atoms with E-state index in [-0.39, 0.29) is 11.9 Å². The molecule has 0 aliphatic carbocycles. The summed E-state index contributed by atoms with van der Waals surface area (Å²) in [5.74, 6) is 0.532. The van der Waals surface area contributed by atoms with E-state index < -0.39 is 0 Å². The van der Waals surface area contributed by atoms with Crippen molar-refractivity contribution >= 4 is 0 Å². The monoisotopic (exact) mass is 294 g/mol. The molecule has 0 saturated carbocycles.